The van der Waals surface area contributed by atoms with E-state index in [0.717, 1.165) is 11.1 Å². The van der Waals surface area contributed by atoms with E-state index in [1.807, 2.05) is 12.1 Å². The topological polar surface area (TPSA) is 77.0 Å². The predicted molar refractivity (Wildman–Crippen MR) is 78.4 cm³/mol. The van der Waals surface area contributed by atoms with Crippen molar-refractivity contribution in [2.75, 3.05) is 12.4 Å². The summed E-state index contributed by atoms with van der Waals surface area (Å²) in [5, 5.41) is 4.02. The van der Waals surface area contributed by atoms with Gasteiger partial charge in [-0.25, -0.2) is 19.7 Å². The SMILES string of the molecule is COC(=O)c1ccc(Nc2ncnc3ncccc23)cc1. The fourth-order valence-electron chi connectivity index (χ4n) is 1.94. The Morgan fingerprint density at radius 3 is 2.67 bits per heavy atom. The highest BCUT2D eigenvalue weighted by atomic mass is 16.5. The summed E-state index contributed by atoms with van der Waals surface area (Å²) in [4.78, 5) is 23.9. The van der Waals surface area contributed by atoms with E-state index >= 15 is 0 Å². The molecule has 1 N–H and O–H groups in total. The monoisotopic (exact) mass is 280 g/mol. The highest BCUT2D eigenvalue weighted by Gasteiger charge is 2.06. The minimum absolute atomic E-state index is 0.363. The summed E-state index contributed by atoms with van der Waals surface area (Å²) in [5.74, 6) is 0.303. The number of anilines is 2. The smallest absolute Gasteiger partial charge is 0.337 e. The number of benzene rings is 1. The van der Waals surface area contributed by atoms with Gasteiger partial charge in [0.2, 0.25) is 0 Å². The van der Waals surface area contributed by atoms with Gasteiger partial charge in [0, 0.05) is 11.9 Å². The number of fused-ring (bicyclic) bond motifs is 1. The first-order valence-electron chi connectivity index (χ1n) is 6.29. The van der Waals surface area contributed by atoms with Gasteiger partial charge in [-0.1, -0.05) is 0 Å². The summed E-state index contributed by atoms with van der Waals surface area (Å²) in [7, 11) is 1.36. The highest BCUT2D eigenvalue weighted by Crippen LogP contribution is 2.21. The molecular formula is C15H12N4O2. The number of hydrogen-bond donors (Lipinski definition) is 1. The maximum absolute atomic E-state index is 11.4. The van der Waals surface area contributed by atoms with Gasteiger partial charge in [-0.2, -0.15) is 0 Å². The van der Waals surface area contributed by atoms with E-state index in [0.29, 0.717) is 17.0 Å². The summed E-state index contributed by atoms with van der Waals surface area (Å²) in [6, 6.07) is 10.7. The Morgan fingerprint density at radius 1 is 1.10 bits per heavy atom. The summed E-state index contributed by atoms with van der Waals surface area (Å²) < 4.78 is 4.66. The lowest BCUT2D eigenvalue weighted by Gasteiger charge is -2.08. The zero-order valence-electron chi connectivity index (χ0n) is 11.3. The van der Waals surface area contributed by atoms with Crippen molar-refractivity contribution >= 4 is 28.5 Å². The van der Waals surface area contributed by atoms with E-state index in [4.69, 9.17) is 0 Å². The van der Waals surface area contributed by atoms with Crippen LogP contribution in [0.15, 0.2) is 48.9 Å². The molecule has 3 rings (SSSR count). The van der Waals surface area contributed by atoms with Gasteiger partial charge in [-0.3, -0.25) is 0 Å². The predicted octanol–water partition coefficient (Wildman–Crippen LogP) is 2.56. The Bertz CT molecular complexity index is 782. The number of nitrogens with zero attached hydrogens (tertiary/aromatic N) is 3. The van der Waals surface area contributed by atoms with Crippen LogP contribution in [0.5, 0.6) is 0 Å². The normalized spacial score (nSPS) is 10.3. The number of hydrogen-bond acceptors (Lipinski definition) is 6. The molecule has 21 heavy (non-hydrogen) atoms. The van der Waals surface area contributed by atoms with E-state index in [1.165, 1.54) is 13.4 Å². The van der Waals surface area contributed by atoms with E-state index in [2.05, 4.69) is 25.0 Å². The zero-order valence-corrected chi connectivity index (χ0v) is 11.3. The Labute approximate surface area is 120 Å². The molecule has 6 nitrogen and oxygen atoms in total. The molecule has 0 saturated carbocycles. The summed E-state index contributed by atoms with van der Waals surface area (Å²) >= 11 is 0. The van der Waals surface area contributed by atoms with E-state index in [1.54, 1.807) is 30.5 Å². The second-order valence-electron chi connectivity index (χ2n) is 4.29. The Kier molecular flexibility index (Phi) is 3.42. The third-order valence-corrected chi connectivity index (χ3v) is 2.98. The van der Waals surface area contributed by atoms with Gasteiger partial charge in [-0.15, -0.1) is 0 Å². The number of pyridine rings is 1. The van der Waals surface area contributed by atoms with Crippen molar-refractivity contribution < 1.29 is 9.53 Å². The van der Waals surface area contributed by atoms with Gasteiger partial charge in [-0.05, 0) is 36.4 Å². The second kappa shape index (κ2) is 5.54. The first-order chi connectivity index (χ1) is 10.3. The number of aromatic nitrogens is 3. The van der Waals surface area contributed by atoms with Crippen LogP contribution in [0.4, 0.5) is 11.5 Å². The molecule has 0 aliphatic carbocycles. The lowest BCUT2D eigenvalue weighted by atomic mass is 10.2. The van der Waals surface area contributed by atoms with Crippen molar-refractivity contribution in [3.8, 4) is 0 Å². The number of esters is 1. The Morgan fingerprint density at radius 2 is 1.90 bits per heavy atom. The van der Waals surface area contributed by atoms with Crippen molar-refractivity contribution in [3.05, 3.63) is 54.5 Å². The quantitative estimate of drug-likeness (QED) is 0.743. The molecule has 0 fully saturated rings. The van der Waals surface area contributed by atoms with Gasteiger partial charge in [0.05, 0.1) is 18.1 Å². The van der Waals surface area contributed by atoms with Gasteiger partial charge in [0.1, 0.15) is 12.1 Å². The van der Waals surface area contributed by atoms with Crippen LogP contribution >= 0.6 is 0 Å². The molecule has 0 bridgehead atoms. The fraction of sp³-hybridized carbons (Fsp3) is 0.0667. The van der Waals surface area contributed by atoms with Crippen LogP contribution in [0.2, 0.25) is 0 Å². The molecule has 0 atom stereocenters. The number of nitrogens with one attached hydrogen (secondary N) is 1. The van der Waals surface area contributed by atoms with Gasteiger partial charge >= 0.3 is 5.97 Å². The molecule has 2 heterocycles. The lowest BCUT2D eigenvalue weighted by molar-refractivity contribution is 0.0601. The first-order valence-corrected chi connectivity index (χ1v) is 6.29. The summed E-state index contributed by atoms with van der Waals surface area (Å²) in [5.41, 5.74) is 1.94. The number of carbonyl (C=O) groups excluding carboxylic acids is 1. The minimum Gasteiger partial charge on any atom is -0.465 e. The fourth-order valence-corrected chi connectivity index (χ4v) is 1.94. The van der Waals surface area contributed by atoms with Gasteiger partial charge < -0.3 is 10.1 Å². The molecule has 0 amide bonds. The second-order valence-corrected chi connectivity index (χ2v) is 4.29. The zero-order chi connectivity index (χ0) is 14.7. The Balaban J connectivity index is 1.90. The molecule has 2 aromatic heterocycles. The largest absolute Gasteiger partial charge is 0.465 e. The number of carbonyl (C=O) groups is 1. The third kappa shape index (κ3) is 2.64. The third-order valence-electron chi connectivity index (χ3n) is 2.98. The standard InChI is InChI=1S/C15H12N4O2/c1-21-15(20)10-4-6-11(7-5-10)19-14-12-3-2-8-16-13(12)17-9-18-14/h2-9H,1H3,(H,16,17,18,19). The van der Waals surface area contributed by atoms with E-state index in [-0.39, 0.29) is 5.97 Å². The maximum Gasteiger partial charge on any atom is 0.337 e. The Hall–Kier alpha value is -3.02. The molecule has 0 aliphatic rings. The molecule has 3 aromatic rings. The van der Waals surface area contributed by atoms with Crippen LogP contribution in [0.25, 0.3) is 11.0 Å². The van der Waals surface area contributed by atoms with Crippen LogP contribution < -0.4 is 5.32 Å². The average molecular weight is 280 g/mol. The molecule has 1 aromatic carbocycles. The molecule has 0 aliphatic heterocycles. The van der Waals surface area contributed by atoms with Crippen LogP contribution in [-0.4, -0.2) is 28.0 Å². The highest BCUT2D eigenvalue weighted by molar-refractivity contribution is 5.91. The van der Waals surface area contributed by atoms with Gasteiger partial charge in [0.15, 0.2) is 5.65 Å². The van der Waals surface area contributed by atoms with Crippen molar-refractivity contribution in [3.63, 3.8) is 0 Å². The van der Waals surface area contributed by atoms with Crippen LogP contribution in [0, 0.1) is 0 Å². The van der Waals surface area contributed by atoms with Crippen molar-refractivity contribution in [1.29, 1.82) is 0 Å². The molecule has 0 unspecified atom stereocenters. The number of rotatable bonds is 3. The molecule has 0 radical (unpaired) electrons. The molecule has 0 spiro atoms. The average Bonchev–Trinajstić information content (AvgIpc) is 2.55. The molecule has 6 heteroatoms. The van der Waals surface area contributed by atoms with Crippen molar-refractivity contribution in [2.24, 2.45) is 0 Å². The lowest BCUT2D eigenvalue weighted by Crippen LogP contribution is -2.01. The first kappa shape index (κ1) is 13.0. The molecular weight excluding hydrogens is 268 g/mol. The van der Waals surface area contributed by atoms with Crippen LogP contribution in [0.1, 0.15) is 10.4 Å². The van der Waals surface area contributed by atoms with E-state index in [9.17, 15) is 4.79 Å². The van der Waals surface area contributed by atoms with Crippen LogP contribution in [0.3, 0.4) is 0 Å². The van der Waals surface area contributed by atoms with E-state index < -0.39 is 0 Å². The van der Waals surface area contributed by atoms with Crippen LogP contribution in [-0.2, 0) is 4.74 Å². The van der Waals surface area contributed by atoms with Crippen molar-refractivity contribution in [2.45, 2.75) is 0 Å². The van der Waals surface area contributed by atoms with Crippen molar-refractivity contribution in [1.82, 2.24) is 15.0 Å². The number of ether oxygens (including phenoxy) is 1. The molecule has 104 valence electrons. The summed E-state index contributed by atoms with van der Waals surface area (Å²) in [6.45, 7) is 0. The minimum atomic E-state index is -0.363. The van der Waals surface area contributed by atoms with Gasteiger partial charge in [0.25, 0.3) is 0 Å². The maximum atomic E-state index is 11.4. The number of methoxy groups -OCH3 is 1. The molecule has 0 saturated heterocycles. The summed E-state index contributed by atoms with van der Waals surface area (Å²) in [6.07, 6.45) is 3.14.